The van der Waals surface area contributed by atoms with Crippen molar-refractivity contribution in [3.63, 3.8) is 0 Å². The smallest absolute Gasteiger partial charge is 0.0504 e. The number of benzene rings is 1. The Hall–Kier alpha value is -0.860. The van der Waals surface area contributed by atoms with E-state index in [1.54, 1.807) is 0 Å². The molecule has 2 rings (SSSR count). The Labute approximate surface area is 130 Å². The first-order valence-corrected chi connectivity index (χ1v) is 8.57. The maximum Gasteiger partial charge on any atom is 0.0504 e. The van der Waals surface area contributed by atoms with Crippen molar-refractivity contribution >= 4 is 0 Å². The van der Waals surface area contributed by atoms with Gasteiger partial charge in [-0.2, -0.15) is 0 Å². The van der Waals surface area contributed by atoms with Gasteiger partial charge in [0, 0.05) is 5.54 Å². The summed E-state index contributed by atoms with van der Waals surface area (Å²) < 4.78 is 0. The van der Waals surface area contributed by atoms with E-state index in [2.05, 4.69) is 62.5 Å². The van der Waals surface area contributed by atoms with E-state index in [4.69, 9.17) is 0 Å². The molecule has 1 saturated carbocycles. The average Bonchev–Trinajstić information content (AvgIpc) is 2.51. The van der Waals surface area contributed by atoms with Crippen molar-refractivity contribution in [3.8, 4) is 0 Å². The van der Waals surface area contributed by atoms with Crippen molar-refractivity contribution in [1.29, 1.82) is 0 Å². The van der Waals surface area contributed by atoms with E-state index in [0.717, 1.165) is 0 Å². The van der Waals surface area contributed by atoms with E-state index in [1.165, 1.54) is 56.1 Å². The second-order valence-electron chi connectivity index (χ2n) is 6.77. The fraction of sp³-hybridized carbons (Fsp3) is 0.684. The van der Waals surface area contributed by atoms with Crippen LogP contribution in [0.25, 0.3) is 0 Å². The number of likely N-dealkylation sites (N-methyl/N-ethyl adjacent to an activating group) is 2. The summed E-state index contributed by atoms with van der Waals surface area (Å²) in [4.78, 5) is 2.47. The highest BCUT2D eigenvalue weighted by molar-refractivity contribution is 5.28. The molecule has 1 aliphatic rings. The quantitative estimate of drug-likeness (QED) is 0.845. The first-order chi connectivity index (χ1) is 10.1. The zero-order valence-corrected chi connectivity index (χ0v) is 14.3. The Morgan fingerprint density at radius 2 is 1.71 bits per heavy atom. The normalized spacial score (nSPS) is 19.7. The van der Waals surface area contributed by atoms with Crippen molar-refractivity contribution in [3.05, 3.63) is 35.4 Å². The Bertz CT molecular complexity index is 416. The Morgan fingerprint density at radius 3 is 2.19 bits per heavy atom. The fourth-order valence-corrected chi connectivity index (χ4v) is 4.07. The van der Waals surface area contributed by atoms with Crippen LogP contribution in [0.2, 0.25) is 0 Å². The SMILES string of the molecule is CCCc1ccc(C(NC)C2(N(C)C)CCCCC2)cc1. The van der Waals surface area contributed by atoms with Crippen LogP contribution in [0, 0.1) is 0 Å². The third kappa shape index (κ3) is 3.49. The molecule has 118 valence electrons. The molecule has 0 saturated heterocycles. The highest BCUT2D eigenvalue weighted by atomic mass is 15.2. The van der Waals surface area contributed by atoms with Crippen LogP contribution in [-0.2, 0) is 6.42 Å². The van der Waals surface area contributed by atoms with Gasteiger partial charge in [-0.15, -0.1) is 0 Å². The Balaban J connectivity index is 2.27. The van der Waals surface area contributed by atoms with Crippen molar-refractivity contribution in [2.45, 2.75) is 63.5 Å². The largest absolute Gasteiger partial charge is 0.311 e. The van der Waals surface area contributed by atoms with E-state index in [9.17, 15) is 0 Å². The van der Waals surface area contributed by atoms with Crippen LogP contribution < -0.4 is 5.32 Å². The molecule has 1 N–H and O–H groups in total. The lowest BCUT2D eigenvalue weighted by atomic mass is 9.73. The van der Waals surface area contributed by atoms with Crippen molar-refractivity contribution in [1.82, 2.24) is 10.2 Å². The second-order valence-corrected chi connectivity index (χ2v) is 6.77. The molecule has 0 radical (unpaired) electrons. The molecule has 1 unspecified atom stereocenters. The van der Waals surface area contributed by atoms with Gasteiger partial charge in [-0.05, 0) is 51.5 Å². The summed E-state index contributed by atoms with van der Waals surface area (Å²) in [6.07, 6.45) is 9.08. The first kappa shape index (κ1) is 16.5. The maximum atomic E-state index is 3.62. The molecule has 0 amide bonds. The van der Waals surface area contributed by atoms with Crippen molar-refractivity contribution in [2.75, 3.05) is 21.1 Å². The molecular formula is C19H32N2. The number of nitrogens with one attached hydrogen (secondary N) is 1. The Morgan fingerprint density at radius 1 is 1.10 bits per heavy atom. The van der Waals surface area contributed by atoms with Gasteiger partial charge in [0.05, 0.1) is 6.04 Å². The van der Waals surface area contributed by atoms with Gasteiger partial charge in [-0.25, -0.2) is 0 Å². The van der Waals surface area contributed by atoms with Gasteiger partial charge in [0.1, 0.15) is 0 Å². The zero-order chi connectivity index (χ0) is 15.3. The fourth-order valence-electron chi connectivity index (χ4n) is 4.07. The maximum absolute atomic E-state index is 3.62. The molecule has 1 aromatic carbocycles. The lowest BCUT2D eigenvalue weighted by Crippen LogP contribution is -2.54. The van der Waals surface area contributed by atoms with E-state index in [1.807, 2.05) is 0 Å². The molecular weight excluding hydrogens is 256 g/mol. The predicted octanol–water partition coefficient (Wildman–Crippen LogP) is 4.16. The number of hydrogen-bond acceptors (Lipinski definition) is 2. The third-order valence-corrected chi connectivity index (χ3v) is 5.29. The molecule has 0 aliphatic heterocycles. The minimum Gasteiger partial charge on any atom is -0.311 e. The van der Waals surface area contributed by atoms with E-state index >= 15 is 0 Å². The summed E-state index contributed by atoms with van der Waals surface area (Å²) in [5.74, 6) is 0. The van der Waals surface area contributed by atoms with E-state index < -0.39 is 0 Å². The molecule has 2 nitrogen and oxygen atoms in total. The number of hydrogen-bond donors (Lipinski definition) is 1. The van der Waals surface area contributed by atoms with Crippen LogP contribution in [0.1, 0.15) is 62.6 Å². The van der Waals surface area contributed by atoms with Crippen LogP contribution in [0.5, 0.6) is 0 Å². The average molecular weight is 288 g/mol. The van der Waals surface area contributed by atoms with Gasteiger partial charge in [0.15, 0.2) is 0 Å². The van der Waals surface area contributed by atoms with Gasteiger partial charge < -0.3 is 10.2 Å². The first-order valence-electron chi connectivity index (χ1n) is 8.57. The highest BCUT2D eigenvalue weighted by Crippen LogP contribution is 2.41. The van der Waals surface area contributed by atoms with Crippen LogP contribution in [0.15, 0.2) is 24.3 Å². The van der Waals surface area contributed by atoms with Gasteiger partial charge in [-0.3, -0.25) is 0 Å². The second kappa shape index (κ2) is 7.42. The Kier molecular flexibility index (Phi) is 5.83. The summed E-state index contributed by atoms with van der Waals surface area (Å²) in [5, 5.41) is 3.62. The highest BCUT2D eigenvalue weighted by Gasteiger charge is 2.41. The molecule has 1 fully saturated rings. The molecule has 0 heterocycles. The molecule has 1 aliphatic carbocycles. The lowest BCUT2D eigenvalue weighted by molar-refractivity contribution is 0.0594. The van der Waals surface area contributed by atoms with Gasteiger partial charge in [0.25, 0.3) is 0 Å². The number of aryl methyl sites for hydroxylation is 1. The molecule has 0 bridgehead atoms. The molecule has 1 atom stereocenters. The summed E-state index contributed by atoms with van der Waals surface area (Å²) in [6.45, 7) is 2.24. The summed E-state index contributed by atoms with van der Waals surface area (Å²) in [6, 6.07) is 9.73. The molecule has 0 aromatic heterocycles. The molecule has 2 heteroatoms. The van der Waals surface area contributed by atoms with Crippen molar-refractivity contribution < 1.29 is 0 Å². The molecule has 0 spiro atoms. The van der Waals surface area contributed by atoms with Gasteiger partial charge in [-0.1, -0.05) is 56.9 Å². The third-order valence-electron chi connectivity index (χ3n) is 5.29. The van der Waals surface area contributed by atoms with Crippen LogP contribution >= 0.6 is 0 Å². The van der Waals surface area contributed by atoms with Gasteiger partial charge in [0.2, 0.25) is 0 Å². The van der Waals surface area contributed by atoms with Crippen LogP contribution in [-0.4, -0.2) is 31.6 Å². The summed E-state index contributed by atoms with van der Waals surface area (Å²) in [7, 11) is 6.62. The topological polar surface area (TPSA) is 15.3 Å². The molecule has 21 heavy (non-hydrogen) atoms. The summed E-state index contributed by atoms with van der Waals surface area (Å²) in [5.41, 5.74) is 3.16. The van der Waals surface area contributed by atoms with Gasteiger partial charge >= 0.3 is 0 Å². The monoisotopic (exact) mass is 288 g/mol. The minimum atomic E-state index is 0.263. The van der Waals surface area contributed by atoms with Crippen LogP contribution in [0.4, 0.5) is 0 Å². The summed E-state index contributed by atoms with van der Waals surface area (Å²) >= 11 is 0. The van der Waals surface area contributed by atoms with E-state index in [0.29, 0.717) is 6.04 Å². The van der Waals surface area contributed by atoms with Crippen LogP contribution in [0.3, 0.4) is 0 Å². The number of rotatable bonds is 6. The minimum absolute atomic E-state index is 0.263. The van der Waals surface area contributed by atoms with E-state index in [-0.39, 0.29) is 5.54 Å². The zero-order valence-electron chi connectivity index (χ0n) is 14.3. The van der Waals surface area contributed by atoms with Crippen molar-refractivity contribution in [2.24, 2.45) is 0 Å². The molecule has 1 aromatic rings. The predicted molar refractivity (Wildman–Crippen MR) is 91.7 cm³/mol. The standard InChI is InChI=1S/C19H32N2/c1-5-9-16-10-12-17(13-11-16)18(20-2)19(21(3)4)14-7-6-8-15-19/h10-13,18,20H,5-9,14-15H2,1-4H3. The lowest BCUT2D eigenvalue weighted by Gasteiger charge is -2.48. The number of nitrogens with zero attached hydrogens (tertiary/aromatic N) is 1.